The first-order chi connectivity index (χ1) is 7.40. The van der Waals surface area contributed by atoms with Crippen LogP contribution >= 0.6 is 0 Å². The molecule has 1 unspecified atom stereocenters. The molecule has 0 aliphatic heterocycles. The Balaban J connectivity index is 3.98. The van der Waals surface area contributed by atoms with Gasteiger partial charge in [0.15, 0.2) is 6.10 Å². The average molecular weight is 242 g/mol. The topological polar surface area (TPSA) is 35.5 Å². The van der Waals surface area contributed by atoms with E-state index in [-0.39, 0.29) is 6.61 Å². The van der Waals surface area contributed by atoms with Crippen molar-refractivity contribution < 1.29 is 27.4 Å². The molecule has 0 fully saturated rings. The van der Waals surface area contributed by atoms with Gasteiger partial charge in [-0.15, -0.1) is 0 Å². The maximum atomic E-state index is 11.8. The summed E-state index contributed by atoms with van der Waals surface area (Å²) in [4.78, 5) is 11.3. The number of ether oxygens (including phenoxy) is 2. The van der Waals surface area contributed by atoms with Crippen LogP contribution in [-0.2, 0) is 14.3 Å². The molecule has 0 saturated carbocycles. The van der Waals surface area contributed by atoms with Gasteiger partial charge in [0, 0.05) is 0 Å². The van der Waals surface area contributed by atoms with Crippen LogP contribution in [0.1, 0.15) is 33.1 Å². The van der Waals surface area contributed by atoms with Crippen LogP contribution in [0.4, 0.5) is 13.2 Å². The van der Waals surface area contributed by atoms with E-state index in [4.69, 9.17) is 9.47 Å². The minimum Gasteiger partial charge on any atom is -0.464 e. The van der Waals surface area contributed by atoms with Gasteiger partial charge in [0.05, 0.1) is 19.6 Å². The van der Waals surface area contributed by atoms with Crippen molar-refractivity contribution in [1.29, 1.82) is 0 Å². The maximum Gasteiger partial charge on any atom is 0.391 e. The summed E-state index contributed by atoms with van der Waals surface area (Å²) in [6, 6.07) is 0. The first-order valence-electron chi connectivity index (χ1n) is 5.25. The summed E-state index contributed by atoms with van der Waals surface area (Å²) >= 11 is 0. The standard InChI is InChI=1S/C10H17F3O3/c1-3-5-8(9(14)15-4-2)16-7-6-10(11,12)13/h8H,3-7H2,1-2H3. The second kappa shape index (κ2) is 7.49. The molecule has 0 aliphatic carbocycles. The number of carbonyl (C=O) groups is 1. The van der Waals surface area contributed by atoms with E-state index in [0.717, 1.165) is 0 Å². The molecule has 0 aromatic carbocycles. The highest BCUT2D eigenvalue weighted by atomic mass is 19.4. The first-order valence-corrected chi connectivity index (χ1v) is 5.25. The predicted molar refractivity (Wildman–Crippen MR) is 52.0 cm³/mol. The SMILES string of the molecule is CCCC(OCCC(F)(F)F)C(=O)OCC. The molecule has 0 aliphatic rings. The van der Waals surface area contributed by atoms with E-state index in [2.05, 4.69) is 0 Å². The lowest BCUT2D eigenvalue weighted by atomic mass is 10.2. The van der Waals surface area contributed by atoms with E-state index >= 15 is 0 Å². The van der Waals surface area contributed by atoms with Crippen molar-refractivity contribution in [3.8, 4) is 0 Å². The summed E-state index contributed by atoms with van der Waals surface area (Å²) in [6.07, 6.45) is -5.17. The van der Waals surface area contributed by atoms with Crippen LogP contribution in [0.2, 0.25) is 0 Å². The molecule has 0 aromatic rings. The largest absolute Gasteiger partial charge is 0.464 e. The Hall–Kier alpha value is -0.780. The van der Waals surface area contributed by atoms with Crippen LogP contribution < -0.4 is 0 Å². The Morgan fingerprint density at radius 2 is 1.94 bits per heavy atom. The summed E-state index contributed by atoms with van der Waals surface area (Å²) in [5.41, 5.74) is 0. The van der Waals surface area contributed by atoms with Gasteiger partial charge in [-0.3, -0.25) is 0 Å². The third kappa shape index (κ3) is 7.50. The van der Waals surface area contributed by atoms with Crippen LogP contribution in [0, 0.1) is 0 Å². The average Bonchev–Trinajstić information content (AvgIpc) is 2.15. The molecule has 0 amide bonds. The fourth-order valence-electron chi connectivity index (χ4n) is 1.08. The molecule has 0 N–H and O–H groups in total. The normalized spacial score (nSPS) is 13.6. The number of rotatable bonds is 7. The molecule has 0 heterocycles. The van der Waals surface area contributed by atoms with Gasteiger partial charge in [-0.05, 0) is 13.3 Å². The van der Waals surface area contributed by atoms with Gasteiger partial charge in [0.25, 0.3) is 0 Å². The quantitative estimate of drug-likeness (QED) is 0.644. The molecule has 0 bridgehead atoms. The molecule has 0 radical (unpaired) electrons. The summed E-state index contributed by atoms with van der Waals surface area (Å²) < 4.78 is 45.1. The van der Waals surface area contributed by atoms with Crippen molar-refractivity contribution >= 4 is 5.97 Å². The number of alkyl halides is 3. The van der Waals surface area contributed by atoms with Crippen molar-refractivity contribution in [3.63, 3.8) is 0 Å². The molecule has 96 valence electrons. The molecule has 0 rings (SSSR count). The van der Waals surface area contributed by atoms with Gasteiger partial charge in [0.2, 0.25) is 0 Å². The number of esters is 1. The minimum atomic E-state index is -4.26. The van der Waals surface area contributed by atoms with Crippen molar-refractivity contribution in [1.82, 2.24) is 0 Å². The highest BCUT2D eigenvalue weighted by molar-refractivity contribution is 5.74. The second-order valence-corrected chi connectivity index (χ2v) is 3.27. The number of carbonyl (C=O) groups excluding carboxylic acids is 1. The number of hydrogen-bond acceptors (Lipinski definition) is 3. The Bertz CT molecular complexity index is 204. The summed E-state index contributed by atoms with van der Waals surface area (Å²) in [7, 11) is 0. The Morgan fingerprint density at radius 1 is 1.31 bits per heavy atom. The van der Waals surface area contributed by atoms with Gasteiger partial charge in [0.1, 0.15) is 0 Å². The highest BCUT2D eigenvalue weighted by Crippen LogP contribution is 2.19. The van der Waals surface area contributed by atoms with E-state index in [1.54, 1.807) is 6.92 Å². The Kier molecular flexibility index (Phi) is 7.12. The van der Waals surface area contributed by atoms with Gasteiger partial charge >= 0.3 is 12.1 Å². The molecule has 1 atom stereocenters. The molecule has 0 spiro atoms. The minimum absolute atomic E-state index is 0.196. The smallest absolute Gasteiger partial charge is 0.391 e. The number of hydrogen-bond donors (Lipinski definition) is 0. The Morgan fingerprint density at radius 3 is 2.38 bits per heavy atom. The highest BCUT2D eigenvalue weighted by Gasteiger charge is 2.28. The lowest BCUT2D eigenvalue weighted by Gasteiger charge is -2.16. The van der Waals surface area contributed by atoms with E-state index in [0.29, 0.717) is 12.8 Å². The molecular weight excluding hydrogens is 225 g/mol. The lowest BCUT2D eigenvalue weighted by molar-refractivity contribution is -0.167. The van der Waals surface area contributed by atoms with E-state index < -0.39 is 31.3 Å². The summed E-state index contributed by atoms with van der Waals surface area (Å²) in [6.45, 7) is 3.14. The molecule has 6 heteroatoms. The fraction of sp³-hybridized carbons (Fsp3) is 0.900. The van der Waals surface area contributed by atoms with E-state index in [1.165, 1.54) is 0 Å². The molecule has 16 heavy (non-hydrogen) atoms. The van der Waals surface area contributed by atoms with Crippen molar-refractivity contribution in [2.45, 2.75) is 45.4 Å². The third-order valence-electron chi connectivity index (χ3n) is 1.80. The molecule has 0 aromatic heterocycles. The predicted octanol–water partition coefficient (Wildman–Crippen LogP) is 2.69. The fourth-order valence-corrected chi connectivity index (χ4v) is 1.08. The van der Waals surface area contributed by atoms with Crippen molar-refractivity contribution in [2.75, 3.05) is 13.2 Å². The van der Waals surface area contributed by atoms with Gasteiger partial charge < -0.3 is 9.47 Å². The summed E-state index contributed by atoms with van der Waals surface area (Å²) in [5.74, 6) is -0.591. The van der Waals surface area contributed by atoms with Crippen LogP contribution in [-0.4, -0.2) is 31.5 Å². The molecule has 3 nitrogen and oxygen atoms in total. The van der Waals surface area contributed by atoms with Gasteiger partial charge in [-0.2, -0.15) is 13.2 Å². The van der Waals surface area contributed by atoms with Crippen LogP contribution in [0.5, 0.6) is 0 Å². The zero-order valence-corrected chi connectivity index (χ0v) is 9.47. The third-order valence-corrected chi connectivity index (χ3v) is 1.80. The van der Waals surface area contributed by atoms with Gasteiger partial charge in [-0.1, -0.05) is 13.3 Å². The molecule has 0 saturated heterocycles. The van der Waals surface area contributed by atoms with Crippen LogP contribution in [0.15, 0.2) is 0 Å². The number of halogens is 3. The zero-order valence-electron chi connectivity index (χ0n) is 9.47. The van der Waals surface area contributed by atoms with Gasteiger partial charge in [-0.25, -0.2) is 4.79 Å². The van der Waals surface area contributed by atoms with Crippen molar-refractivity contribution in [3.05, 3.63) is 0 Å². The second-order valence-electron chi connectivity index (χ2n) is 3.27. The monoisotopic (exact) mass is 242 g/mol. The van der Waals surface area contributed by atoms with Crippen molar-refractivity contribution in [2.24, 2.45) is 0 Å². The lowest BCUT2D eigenvalue weighted by Crippen LogP contribution is -2.28. The van der Waals surface area contributed by atoms with E-state index in [9.17, 15) is 18.0 Å². The maximum absolute atomic E-state index is 11.8. The Labute approximate surface area is 92.9 Å². The summed E-state index contributed by atoms with van der Waals surface area (Å²) in [5, 5.41) is 0. The first kappa shape index (κ1) is 15.2. The van der Waals surface area contributed by atoms with Crippen LogP contribution in [0.25, 0.3) is 0 Å². The van der Waals surface area contributed by atoms with Crippen LogP contribution in [0.3, 0.4) is 0 Å². The van der Waals surface area contributed by atoms with E-state index in [1.807, 2.05) is 6.92 Å². The zero-order chi connectivity index (χ0) is 12.6. The molecular formula is C10H17F3O3.